The number of carbonyl (C=O) groups excluding carboxylic acids is 1. The van der Waals surface area contributed by atoms with Crippen LogP contribution in [0.5, 0.6) is 0 Å². The van der Waals surface area contributed by atoms with Crippen LogP contribution in [0.15, 0.2) is 29.2 Å². The number of piperidine rings is 1. The zero-order valence-electron chi connectivity index (χ0n) is 15.8. The molecule has 3 aromatic rings. The maximum absolute atomic E-state index is 13.1. The molecule has 7 heteroatoms. The summed E-state index contributed by atoms with van der Waals surface area (Å²) in [7, 11) is 0. The molecule has 3 aromatic heterocycles. The molecule has 1 fully saturated rings. The van der Waals surface area contributed by atoms with Crippen LogP contribution >= 0.6 is 0 Å². The van der Waals surface area contributed by atoms with Crippen LogP contribution in [0.4, 0.5) is 0 Å². The summed E-state index contributed by atoms with van der Waals surface area (Å²) >= 11 is 0. The minimum Gasteiger partial charge on any atom is -0.330 e. The summed E-state index contributed by atoms with van der Waals surface area (Å²) in [6.07, 6.45) is 4.49. The van der Waals surface area contributed by atoms with Crippen molar-refractivity contribution in [2.24, 2.45) is 0 Å². The Labute approximate surface area is 157 Å². The zero-order chi connectivity index (χ0) is 19.1. The molecule has 1 aliphatic rings. The van der Waals surface area contributed by atoms with Gasteiger partial charge in [0.1, 0.15) is 0 Å². The smallest absolute Gasteiger partial charge is 0.275 e. The summed E-state index contributed by atoms with van der Waals surface area (Å²) in [4.78, 5) is 36.2. The standard InChI is InChI=1S/C20H23N5O2/c1-12-7-8-15(11-21-12)20(27)24-9-5-4-6-17(24)16-10-18-22-14(3)13(2)19(26)25(18)23-16/h7-8,10-11,17,23H,4-6,9H2,1-3H3/t17-/m1/s1. The normalized spacial score (nSPS) is 17.4. The number of likely N-dealkylation sites (tertiary alicyclic amines) is 1. The van der Waals surface area contributed by atoms with Crippen LogP contribution in [0.25, 0.3) is 5.65 Å². The largest absolute Gasteiger partial charge is 0.330 e. The number of H-pyrrole nitrogens is 1. The Morgan fingerprint density at radius 1 is 1.22 bits per heavy atom. The second-order valence-electron chi connectivity index (χ2n) is 7.23. The van der Waals surface area contributed by atoms with E-state index in [4.69, 9.17) is 0 Å². The van der Waals surface area contributed by atoms with Crippen LogP contribution < -0.4 is 5.56 Å². The van der Waals surface area contributed by atoms with Crippen molar-refractivity contribution in [2.75, 3.05) is 6.54 Å². The molecule has 0 radical (unpaired) electrons. The SMILES string of the molecule is Cc1ccc(C(=O)N2CCCC[C@@H]2c2cc3nc(C)c(C)c(=O)n3[nH]2)cn1. The minimum absolute atomic E-state index is 0.0291. The van der Waals surface area contributed by atoms with Crippen molar-refractivity contribution in [3.05, 3.63) is 63.0 Å². The summed E-state index contributed by atoms with van der Waals surface area (Å²) < 4.78 is 1.47. The van der Waals surface area contributed by atoms with Gasteiger partial charge in [0.2, 0.25) is 0 Å². The fourth-order valence-corrected chi connectivity index (χ4v) is 3.67. The number of pyridine rings is 1. The van der Waals surface area contributed by atoms with E-state index in [2.05, 4.69) is 15.1 Å². The lowest BCUT2D eigenvalue weighted by Crippen LogP contribution is -2.38. The highest BCUT2D eigenvalue weighted by atomic mass is 16.2. The van der Waals surface area contributed by atoms with Gasteiger partial charge in [0.15, 0.2) is 5.65 Å². The Morgan fingerprint density at radius 3 is 2.78 bits per heavy atom. The summed E-state index contributed by atoms with van der Waals surface area (Å²) in [5.41, 5.74) is 4.17. The average Bonchev–Trinajstić information content (AvgIpc) is 3.10. The van der Waals surface area contributed by atoms with Gasteiger partial charge in [-0.1, -0.05) is 0 Å². The lowest BCUT2D eigenvalue weighted by atomic mass is 9.98. The number of carbonyl (C=O) groups is 1. The highest BCUT2D eigenvalue weighted by Gasteiger charge is 2.30. The van der Waals surface area contributed by atoms with Crippen LogP contribution in [-0.2, 0) is 0 Å². The Bertz CT molecular complexity index is 1060. The van der Waals surface area contributed by atoms with Crippen LogP contribution in [0.2, 0.25) is 0 Å². The van der Waals surface area contributed by atoms with Crippen LogP contribution in [0.3, 0.4) is 0 Å². The van der Waals surface area contributed by atoms with Crippen molar-refractivity contribution in [1.29, 1.82) is 0 Å². The molecule has 0 unspecified atom stereocenters. The second-order valence-corrected chi connectivity index (χ2v) is 7.23. The Kier molecular flexibility index (Phi) is 4.30. The van der Waals surface area contributed by atoms with Gasteiger partial charge in [-0.05, 0) is 52.2 Å². The van der Waals surface area contributed by atoms with E-state index >= 15 is 0 Å². The number of hydrogen-bond acceptors (Lipinski definition) is 4. The molecule has 0 saturated carbocycles. The van der Waals surface area contributed by atoms with Gasteiger partial charge in [0, 0.05) is 35.8 Å². The molecule has 1 atom stereocenters. The molecular formula is C20H23N5O2. The van der Waals surface area contributed by atoms with Gasteiger partial charge in [-0.15, -0.1) is 0 Å². The summed E-state index contributed by atoms with van der Waals surface area (Å²) in [6, 6.07) is 5.45. The van der Waals surface area contributed by atoms with Crippen molar-refractivity contribution in [3.8, 4) is 0 Å². The van der Waals surface area contributed by atoms with Crippen molar-refractivity contribution in [2.45, 2.75) is 46.1 Å². The van der Waals surface area contributed by atoms with Crippen molar-refractivity contribution >= 4 is 11.6 Å². The molecule has 0 aromatic carbocycles. The summed E-state index contributed by atoms with van der Waals surface area (Å²) in [6.45, 7) is 6.20. The van der Waals surface area contributed by atoms with Gasteiger partial charge in [0.05, 0.1) is 17.3 Å². The number of aromatic nitrogens is 4. The number of nitrogens with zero attached hydrogens (tertiary/aromatic N) is 4. The van der Waals surface area contributed by atoms with E-state index in [0.29, 0.717) is 23.3 Å². The number of hydrogen-bond donors (Lipinski definition) is 1. The fourth-order valence-electron chi connectivity index (χ4n) is 3.67. The molecule has 1 aliphatic heterocycles. The van der Waals surface area contributed by atoms with E-state index in [0.717, 1.165) is 36.3 Å². The minimum atomic E-state index is -0.103. The van der Waals surface area contributed by atoms with Crippen molar-refractivity contribution < 1.29 is 4.79 Å². The van der Waals surface area contributed by atoms with Gasteiger partial charge < -0.3 is 4.90 Å². The third-order valence-corrected chi connectivity index (χ3v) is 5.38. The summed E-state index contributed by atoms with van der Waals surface area (Å²) in [5.74, 6) is -0.0291. The fraction of sp³-hybridized carbons (Fsp3) is 0.400. The zero-order valence-corrected chi connectivity index (χ0v) is 15.8. The number of nitrogens with one attached hydrogen (secondary N) is 1. The highest BCUT2D eigenvalue weighted by Crippen LogP contribution is 2.31. The predicted octanol–water partition coefficient (Wildman–Crippen LogP) is 2.71. The molecule has 0 aliphatic carbocycles. The lowest BCUT2D eigenvalue weighted by molar-refractivity contribution is 0.0605. The third-order valence-electron chi connectivity index (χ3n) is 5.38. The number of fused-ring (bicyclic) bond motifs is 1. The monoisotopic (exact) mass is 365 g/mol. The van der Waals surface area contributed by atoms with E-state index in [1.54, 1.807) is 13.1 Å². The molecule has 0 spiro atoms. The van der Waals surface area contributed by atoms with E-state index < -0.39 is 0 Å². The molecule has 27 heavy (non-hydrogen) atoms. The topological polar surface area (TPSA) is 83.4 Å². The van der Waals surface area contributed by atoms with Gasteiger partial charge in [0.25, 0.3) is 11.5 Å². The molecule has 0 bridgehead atoms. The Balaban J connectivity index is 1.73. The quantitative estimate of drug-likeness (QED) is 0.757. The van der Waals surface area contributed by atoms with Crippen LogP contribution in [0.1, 0.15) is 58.3 Å². The van der Waals surface area contributed by atoms with E-state index in [-0.39, 0.29) is 17.5 Å². The molecule has 1 amide bonds. The number of amides is 1. The molecule has 1 saturated heterocycles. The molecule has 4 rings (SSSR count). The third kappa shape index (κ3) is 3.03. The van der Waals surface area contributed by atoms with Gasteiger partial charge in [-0.2, -0.15) is 0 Å². The Morgan fingerprint density at radius 2 is 2.04 bits per heavy atom. The van der Waals surface area contributed by atoms with Gasteiger partial charge >= 0.3 is 0 Å². The number of aryl methyl sites for hydroxylation is 2. The first-order valence-electron chi connectivity index (χ1n) is 9.28. The molecule has 7 nitrogen and oxygen atoms in total. The highest BCUT2D eigenvalue weighted by molar-refractivity contribution is 5.94. The van der Waals surface area contributed by atoms with E-state index in [1.807, 2.05) is 36.9 Å². The first-order chi connectivity index (χ1) is 13.0. The molecule has 140 valence electrons. The maximum Gasteiger partial charge on any atom is 0.275 e. The van der Waals surface area contributed by atoms with Crippen LogP contribution in [-0.4, -0.2) is 36.9 Å². The van der Waals surface area contributed by atoms with Crippen molar-refractivity contribution in [3.63, 3.8) is 0 Å². The molecule has 1 N–H and O–H groups in total. The second kappa shape index (κ2) is 6.64. The molecule has 4 heterocycles. The van der Waals surface area contributed by atoms with Crippen molar-refractivity contribution in [1.82, 2.24) is 24.5 Å². The first-order valence-corrected chi connectivity index (χ1v) is 9.28. The average molecular weight is 365 g/mol. The van der Waals surface area contributed by atoms with E-state index in [1.165, 1.54) is 4.52 Å². The maximum atomic E-state index is 13.1. The van der Waals surface area contributed by atoms with Gasteiger partial charge in [-0.25, -0.2) is 9.50 Å². The number of rotatable bonds is 2. The summed E-state index contributed by atoms with van der Waals surface area (Å²) in [5, 5.41) is 3.18. The predicted molar refractivity (Wildman–Crippen MR) is 102 cm³/mol. The Hall–Kier alpha value is -2.96. The van der Waals surface area contributed by atoms with Gasteiger partial charge in [-0.3, -0.25) is 19.7 Å². The first kappa shape index (κ1) is 17.5. The van der Waals surface area contributed by atoms with E-state index in [9.17, 15) is 9.59 Å². The van der Waals surface area contributed by atoms with Crippen LogP contribution in [0, 0.1) is 20.8 Å². The lowest BCUT2D eigenvalue weighted by Gasteiger charge is -2.35. The molecular weight excluding hydrogens is 342 g/mol. The number of aromatic amines is 1.